The number of fused-ring (bicyclic) bond motifs is 1. The molecule has 1 atom stereocenters. The van der Waals surface area contributed by atoms with Crippen molar-refractivity contribution in [2.45, 2.75) is 31.8 Å². The number of benzene rings is 1. The molecule has 0 fully saturated rings. The SMILES string of the molecule is CC1=CSC(OC(C)C)(c2ccc(Br)cc2)c2noc(=O)n21. The Morgan fingerprint density at radius 3 is 2.68 bits per heavy atom. The first-order chi connectivity index (χ1) is 10.4. The minimum Gasteiger partial charge on any atom is -0.350 e. The molecule has 1 unspecified atom stereocenters. The molecule has 7 heteroatoms. The molecule has 3 rings (SSSR count). The van der Waals surface area contributed by atoms with Gasteiger partial charge in [0, 0.05) is 15.7 Å². The van der Waals surface area contributed by atoms with Crippen LogP contribution in [0, 0.1) is 0 Å². The van der Waals surface area contributed by atoms with Gasteiger partial charge in [-0.1, -0.05) is 45.0 Å². The maximum absolute atomic E-state index is 12.0. The summed E-state index contributed by atoms with van der Waals surface area (Å²) in [6.07, 6.45) is -0.0526. The van der Waals surface area contributed by atoms with Crippen molar-refractivity contribution < 1.29 is 9.26 Å². The van der Waals surface area contributed by atoms with Crippen LogP contribution in [0.4, 0.5) is 0 Å². The van der Waals surface area contributed by atoms with Crippen LogP contribution in [0.3, 0.4) is 0 Å². The summed E-state index contributed by atoms with van der Waals surface area (Å²) in [5.41, 5.74) is 1.67. The van der Waals surface area contributed by atoms with Crippen LogP contribution in [0.25, 0.3) is 5.70 Å². The fraction of sp³-hybridized carbons (Fsp3) is 0.333. The Kier molecular flexibility index (Phi) is 4.05. The fourth-order valence-corrected chi connectivity index (χ4v) is 3.85. The van der Waals surface area contributed by atoms with Gasteiger partial charge in [-0.2, -0.15) is 0 Å². The van der Waals surface area contributed by atoms with E-state index in [1.807, 2.05) is 50.4 Å². The standard InChI is InChI=1S/C15H15BrN2O3S/c1-9(2)20-15(11-4-6-12(16)7-5-11)13-17-21-14(19)18(13)10(3)8-22-15/h4-9H,1-3H3. The molecule has 1 aliphatic rings. The number of rotatable bonds is 3. The van der Waals surface area contributed by atoms with Crippen molar-refractivity contribution in [2.24, 2.45) is 0 Å². The van der Waals surface area contributed by atoms with Gasteiger partial charge in [0.05, 0.1) is 6.10 Å². The van der Waals surface area contributed by atoms with E-state index in [4.69, 9.17) is 9.26 Å². The zero-order valence-electron chi connectivity index (χ0n) is 12.4. The van der Waals surface area contributed by atoms with Gasteiger partial charge >= 0.3 is 5.76 Å². The van der Waals surface area contributed by atoms with Gasteiger partial charge in [-0.3, -0.25) is 4.52 Å². The van der Waals surface area contributed by atoms with E-state index in [-0.39, 0.29) is 6.10 Å². The first-order valence-electron chi connectivity index (χ1n) is 6.82. The van der Waals surface area contributed by atoms with Crippen molar-refractivity contribution in [2.75, 3.05) is 0 Å². The second kappa shape index (κ2) is 5.72. The Labute approximate surface area is 140 Å². The lowest BCUT2D eigenvalue weighted by atomic mass is 10.1. The van der Waals surface area contributed by atoms with Crippen LogP contribution >= 0.6 is 27.7 Å². The van der Waals surface area contributed by atoms with E-state index >= 15 is 0 Å². The topological polar surface area (TPSA) is 57.3 Å². The van der Waals surface area contributed by atoms with Crippen LogP contribution in [0.1, 0.15) is 32.2 Å². The van der Waals surface area contributed by atoms with Crippen molar-refractivity contribution in [3.05, 3.63) is 56.1 Å². The Balaban J connectivity index is 2.24. The number of halogens is 1. The van der Waals surface area contributed by atoms with E-state index in [1.54, 1.807) is 0 Å². The number of aromatic nitrogens is 2. The average Bonchev–Trinajstić information content (AvgIpc) is 2.86. The lowest BCUT2D eigenvalue weighted by Gasteiger charge is -2.35. The smallest absolute Gasteiger partial charge is 0.350 e. The number of nitrogens with zero attached hydrogens (tertiary/aromatic N) is 2. The van der Waals surface area contributed by atoms with Crippen LogP contribution in [0.15, 0.2) is 43.5 Å². The summed E-state index contributed by atoms with van der Waals surface area (Å²) in [6, 6.07) is 7.79. The van der Waals surface area contributed by atoms with Gasteiger partial charge in [0.1, 0.15) is 0 Å². The van der Waals surface area contributed by atoms with Crippen LogP contribution in [0.2, 0.25) is 0 Å². The lowest BCUT2D eigenvalue weighted by molar-refractivity contribution is -0.00165. The van der Waals surface area contributed by atoms with Crippen molar-refractivity contribution in [3.63, 3.8) is 0 Å². The molecule has 0 spiro atoms. The number of thioether (sulfide) groups is 1. The van der Waals surface area contributed by atoms with E-state index < -0.39 is 10.7 Å². The Morgan fingerprint density at radius 2 is 2.05 bits per heavy atom. The number of allylic oxidation sites excluding steroid dienone is 1. The molecule has 1 aromatic heterocycles. The molecule has 0 radical (unpaired) electrons. The molecular weight excluding hydrogens is 368 g/mol. The summed E-state index contributed by atoms with van der Waals surface area (Å²) >= 11 is 4.91. The highest BCUT2D eigenvalue weighted by Gasteiger charge is 2.45. The molecule has 1 aliphatic heterocycles. The van der Waals surface area contributed by atoms with Crippen molar-refractivity contribution >= 4 is 33.4 Å². The van der Waals surface area contributed by atoms with Gasteiger partial charge < -0.3 is 4.74 Å². The molecule has 0 bridgehead atoms. The molecular formula is C15H15BrN2O3S. The van der Waals surface area contributed by atoms with Gasteiger partial charge in [-0.25, -0.2) is 9.36 Å². The summed E-state index contributed by atoms with van der Waals surface area (Å²) in [5, 5.41) is 5.89. The molecule has 116 valence electrons. The van der Waals surface area contributed by atoms with Gasteiger partial charge in [0.2, 0.25) is 10.8 Å². The number of hydrogen-bond donors (Lipinski definition) is 0. The molecule has 1 aromatic carbocycles. The van der Waals surface area contributed by atoms with Crippen molar-refractivity contribution in [3.8, 4) is 0 Å². The third kappa shape index (κ3) is 2.47. The zero-order chi connectivity index (χ0) is 15.9. The average molecular weight is 383 g/mol. The first kappa shape index (κ1) is 15.6. The van der Waals surface area contributed by atoms with E-state index in [1.165, 1.54) is 16.3 Å². The Hall–Kier alpha value is -1.31. The molecule has 2 aromatic rings. The predicted octanol–water partition coefficient (Wildman–Crippen LogP) is 3.79. The van der Waals surface area contributed by atoms with E-state index in [2.05, 4.69) is 21.1 Å². The van der Waals surface area contributed by atoms with Crippen LogP contribution in [0.5, 0.6) is 0 Å². The number of ether oxygens (including phenoxy) is 1. The maximum Gasteiger partial charge on any atom is 0.446 e. The molecule has 0 saturated carbocycles. The van der Waals surface area contributed by atoms with Gasteiger partial charge in [0.15, 0.2) is 0 Å². The third-order valence-electron chi connectivity index (χ3n) is 3.27. The fourth-order valence-electron chi connectivity index (χ4n) is 2.39. The summed E-state index contributed by atoms with van der Waals surface area (Å²) in [4.78, 5) is 11.1. The summed E-state index contributed by atoms with van der Waals surface area (Å²) < 4.78 is 13.5. The van der Waals surface area contributed by atoms with Gasteiger partial charge in [-0.05, 0) is 38.3 Å². The summed E-state index contributed by atoms with van der Waals surface area (Å²) in [6.45, 7) is 5.75. The van der Waals surface area contributed by atoms with E-state index in [0.29, 0.717) is 5.82 Å². The minimum atomic E-state index is -0.902. The highest BCUT2D eigenvalue weighted by molar-refractivity contribution is 9.10. The third-order valence-corrected chi connectivity index (χ3v) is 5.11. The Bertz CT molecular complexity index is 779. The quantitative estimate of drug-likeness (QED) is 0.807. The second-order valence-corrected chi connectivity index (χ2v) is 7.24. The number of hydrogen-bond acceptors (Lipinski definition) is 5. The largest absolute Gasteiger partial charge is 0.446 e. The lowest BCUT2D eigenvalue weighted by Crippen LogP contribution is -2.36. The molecule has 0 amide bonds. The van der Waals surface area contributed by atoms with Gasteiger partial charge in [0.25, 0.3) is 0 Å². The zero-order valence-corrected chi connectivity index (χ0v) is 14.8. The Morgan fingerprint density at radius 1 is 1.36 bits per heavy atom. The van der Waals surface area contributed by atoms with E-state index in [0.717, 1.165) is 15.7 Å². The van der Waals surface area contributed by atoms with Crippen molar-refractivity contribution in [1.29, 1.82) is 0 Å². The van der Waals surface area contributed by atoms with Crippen LogP contribution in [-0.2, 0) is 9.67 Å². The minimum absolute atomic E-state index is 0.0526. The van der Waals surface area contributed by atoms with Crippen LogP contribution < -0.4 is 5.76 Å². The first-order valence-corrected chi connectivity index (χ1v) is 8.49. The second-order valence-electron chi connectivity index (χ2n) is 5.27. The highest BCUT2D eigenvalue weighted by Crippen LogP contribution is 2.48. The normalized spacial score (nSPS) is 20.9. The molecule has 0 saturated heterocycles. The predicted molar refractivity (Wildman–Crippen MR) is 89.4 cm³/mol. The molecule has 2 heterocycles. The summed E-state index contributed by atoms with van der Waals surface area (Å²) in [7, 11) is 0. The van der Waals surface area contributed by atoms with E-state index in [9.17, 15) is 4.79 Å². The van der Waals surface area contributed by atoms with Gasteiger partial charge in [-0.15, -0.1) is 0 Å². The molecule has 0 N–H and O–H groups in total. The molecule has 0 aliphatic carbocycles. The monoisotopic (exact) mass is 382 g/mol. The highest BCUT2D eigenvalue weighted by atomic mass is 79.9. The van der Waals surface area contributed by atoms with Crippen LogP contribution in [-0.4, -0.2) is 15.8 Å². The van der Waals surface area contributed by atoms with Crippen molar-refractivity contribution in [1.82, 2.24) is 9.72 Å². The molecule has 5 nitrogen and oxygen atoms in total. The summed E-state index contributed by atoms with van der Waals surface area (Å²) in [5.74, 6) is -0.0450. The maximum atomic E-state index is 12.0. The molecule has 22 heavy (non-hydrogen) atoms.